The van der Waals surface area contributed by atoms with Crippen molar-refractivity contribution in [2.24, 2.45) is 5.92 Å². The van der Waals surface area contributed by atoms with Crippen molar-refractivity contribution in [1.29, 1.82) is 5.26 Å². The van der Waals surface area contributed by atoms with Crippen LogP contribution in [0.2, 0.25) is 0 Å². The Hall–Kier alpha value is -1.41. The van der Waals surface area contributed by atoms with Crippen LogP contribution in [-0.2, 0) is 11.2 Å². The van der Waals surface area contributed by atoms with Gasteiger partial charge in [0.05, 0.1) is 6.07 Å². The number of carboxylic acids is 1. The topological polar surface area (TPSA) is 61.1 Å². The number of halogens is 2. The van der Waals surface area contributed by atoms with Crippen LogP contribution in [-0.4, -0.2) is 11.1 Å². The molecule has 15 heavy (non-hydrogen) atoms. The van der Waals surface area contributed by atoms with Gasteiger partial charge < -0.3 is 5.11 Å². The maximum atomic E-state index is 13.2. The molecule has 0 aliphatic carbocycles. The number of nitriles is 1. The van der Waals surface area contributed by atoms with Crippen molar-refractivity contribution >= 4 is 21.9 Å². The molecule has 0 saturated heterocycles. The van der Waals surface area contributed by atoms with Crippen LogP contribution in [0.1, 0.15) is 5.56 Å². The summed E-state index contributed by atoms with van der Waals surface area (Å²) in [5.41, 5.74) is 0.221. The van der Waals surface area contributed by atoms with Crippen LogP contribution in [0, 0.1) is 23.1 Å². The van der Waals surface area contributed by atoms with Crippen molar-refractivity contribution in [2.45, 2.75) is 6.42 Å². The normalized spacial score (nSPS) is 11.8. The molecule has 1 aromatic carbocycles. The van der Waals surface area contributed by atoms with Crippen molar-refractivity contribution in [1.82, 2.24) is 0 Å². The zero-order valence-corrected chi connectivity index (χ0v) is 9.16. The highest BCUT2D eigenvalue weighted by molar-refractivity contribution is 9.10. The van der Waals surface area contributed by atoms with Crippen LogP contribution in [0.5, 0.6) is 0 Å². The van der Waals surface area contributed by atoms with E-state index in [2.05, 4.69) is 15.9 Å². The van der Waals surface area contributed by atoms with Crippen molar-refractivity contribution in [2.75, 3.05) is 0 Å². The smallest absolute Gasteiger partial charge is 0.321 e. The predicted octanol–water partition coefficient (Wildman–Crippen LogP) is 2.36. The van der Waals surface area contributed by atoms with Gasteiger partial charge in [0.15, 0.2) is 0 Å². The first-order chi connectivity index (χ1) is 7.04. The summed E-state index contributed by atoms with van der Waals surface area (Å²) in [6, 6.07) is 5.84. The molecule has 0 heterocycles. The fourth-order valence-corrected chi connectivity index (χ4v) is 1.52. The molecule has 78 valence electrons. The molecule has 0 radical (unpaired) electrons. The van der Waals surface area contributed by atoms with E-state index in [1.165, 1.54) is 18.2 Å². The maximum absolute atomic E-state index is 13.2. The number of nitrogens with zero attached hydrogens (tertiary/aromatic N) is 1. The molecule has 1 atom stereocenters. The highest BCUT2D eigenvalue weighted by Gasteiger charge is 2.18. The second-order valence-corrected chi connectivity index (χ2v) is 3.88. The van der Waals surface area contributed by atoms with E-state index in [0.29, 0.717) is 4.47 Å². The first-order valence-corrected chi connectivity index (χ1v) is 4.90. The number of rotatable bonds is 3. The van der Waals surface area contributed by atoms with Crippen molar-refractivity contribution < 1.29 is 14.3 Å². The summed E-state index contributed by atoms with van der Waals surface area (Å²) in [6.07, 6.45) is -0.128. The zero-order valence-electron chi connectivity index (χ0n) is 7.58. The van der Waals surface area contributed by atoms with Gasteiger partial charge in [0.2, 0.25) is 0 Å². The average molecular weight is 272 g/mol. The zero-order chi connectivity index (χ0) is 11.4. The van der Waals surface area contributed by atoms with Gasteiger partial charge in [-0.05, 0) is 23.8 Å². The molecule has 0 amide bonds. The third-order valence-corrected chi connectivity index (χ3v) is 2.38. The Morgan fingerprint density at radius 1 is 1.67 bits per heavy atom. The SMILES string of the molecule is N#CC(Cc1cc(Br)ccc1F)C(=O)O. The molecule has 0 bridgehead atoms. The van der Waals surface area contributed by atoms with Crippen LogP contribution in [0.25, 0.3) is 0 Å². The Labute approximate surface area is 94.3 Å². The highest BCUT2D eigenvalue weighted by atomic mass is 79.9. The largest absolute Gasteiger partial charge is 0.480 e. The molecule has 1 aromatic rings. The van der Waals surface area contributed by atoms with Gasteiger partial charge in [-0.15, -0.1) is 0 Å². The number of carbonyl (C=O) groups is 1. The number of carboxylic acid groups (broad SMARTS) is 1. The molecule has 0 aliphatic rings. The van der Waals surface area contributed by atoms with Crippen LogP contribution >= 0.6 is 15.9 Å². The fraction of sp³-hybridized carbons (Fsp3) is 0.200. The van der Waals surface area contributed by atoms with Crippen LogP contribution in [0.3, 0.4) is 0 Å². The molecule has 0 saturated carbocycles. The first kappa shape index (κ1) is 11.7. The summed E-state index contributed by atoms with van der Waals surface area (Å²) in [6.45, 7) is 0. The lowest BCUT2D eigenvalue weighted by atomic mass is 10.0. The van der Waals surface area contributed by atoms with E-state index in [0.717, 1.165) is 0 Å². The molecule has 1 N–H and O–H groups in total. The lowest BCUT2D eigenvalue weighted by Gasteiger charge is -2.05. The lowest BCUT2D eigenvalue weighted by molar-refractivity contribution is -0.139. The Morgan fingerprint density at radius 3 is 2.87 bits per heavy atom. The first-order valence-electron chi connectivity index (χ1n) is 4.11. The van der Waals surface area contributed by atoms with Gasteiger partial charge in [-0.1, -0.05) is 15.9 Å². The quantitative estimate of drug-likeness (QED) is 0.918. The second kappa shape index (κ2) is 4.89. The van der Waals surface area contributed by atoms with E-state index < -0.39 is 17.7 Å². The highest BCUT2D eigenvalue weighted by Crippen LogP contribution is 2.18. The van der Waals surface area contributed by atoms with E-state index in [4.69, 9.17) is 10.4 Å². The fourth-order valence-electron chi connectivity index (χ4n) is 1.11. The van der Waals surface area contributed by atoms with Crippen LogP contribution < -0.4 is 0 Å². The Kier molecular flexibility index (Phi) is 3.81. The monoisotopic (exact) mass is 271 g/mol. The molecule has 1 rings (SSSR count). The molecule has 3 nitrogen and oxygen atoms in total. The summed E-state index contributed by atoms with van der Waals surface area (Å²) >= 11 is 3.15. The number of benzene rings is 1. The standard InChI is InChI=1S/C10H7BrFNO2/c11-8-1-2-9(12)6(4-8)3-7(5-13)10(14)15/h1-2,4,7H,3H2,(H,14,15). The Bertz CT molecular complexity index is 428. The van der Waals surface area contributed by atoms with Crippen molar-refractivity contribution in [3.63, 3.8) is 0 Å². The Morgan fingerprint density at radius 2 is 2.33 bits per heavy atom. The summed E-state index contributed by atoms with van der Waals surface area (Å²) in [7, 11) is 0. The van der Waals surface area contributed by atoms with E-state index >= 15 is 0 Å². The van der Waals surface area contributed by atoms with Gasteiger partial charge in [-0.3, -0.25) is 4.79 Å². The minimum absolute atomic E-state index is 0.128. The summed E-state index contributed by atoms with van der Waals surface area (Å²) in [5.74, 6) is -2.95. The van der Waals surface area contributed by atoms with E-state index in [1.54, 1.807) is 6.07 Å². The van der Waals surface area contributed by atoms with Gasteiger partial charge in [0.25, 0.3) is 0 Å². The predicted molar refractivity (Wildman–Crippen MR) is 54.5 cm³/mol. The number of hydrogen-bond donors (Lipinski definition) is 1. The van der Waals surface area contributed by atoms with E-state index in [1.807, 2.05) is 0 Å². The minimum atomic E-state index is -1.24. The number of aliphatic carboxylic acids is 1. The average Bonchev–Trinajstić information content (AvgIpc) is 2.18. The lowest BCUT2D eigenvalue weighted by Crippen LogP contribution is -2.14. The molecule has 0 aliphatic heterocycles. The molecular weight excluding hydrogens is 265 g/mol. The maximum Gasteiger partial charge on any atom is 0.321 e. The molecule has 1 unspecified atom stereocenters. The molecule has 0 spiro atoms. The summed E-state index contributed by atoms with van der Waals surface area (Å²) in [4.78, 5) is 10.6. The van der Waals surface area contributed by atoms with E-state index in [9.17, 15) is 9.18 Å². The minimum Gasteiger partial charge on any atom is -0.480 e. The summed E-state index contributed by atoms with van der Waals surface area (Å²) < 4.78 is 13.9. The van der Waals surface area contributed by atoms with Gasteiger partial charge in [-0.2, -0.15) is 5.26 Å². The Balaban J connectivity index is 2.93. The van der Waals surface area contributed by atoms with Crippen LogP contribution in [0.4, 0.5) is 4.39 Å². The van der Waals surface area contributed by atoms with Gasteiger partial charge >= 0.3 is 5.97 Å². The molecule has 5 heteroatoms. The third kappa shape index (κ3) is 3.03. The second-order valence-electron chi connectivity index (χ2n) is 2.96. The van der Waals surface area contributed by atoms with Gasteiger partial charge in [0.1, 0.15) is 11.7 Å². The molecule has 0 fully saturated rings. The van der Waals surface area contributed by atoms with Crippen molar-refractivity contribution in [3.05, 3.63) is 34.1 Å². The van der Waals surface area contributed by atoms with E-state index in [-0.39, 0.29) is 12.0 Å². The van der Waals surface area contributed by atoms with Gasteiger partial charge in [-0.25, -0.2) is 4.39 Å². The molecule has 0 aromatic heterocycles. The van der Waals surface area contributed by atoms with Crippen molar-refractivity contribution in [3.8, 4) is 6.07 Å². The third-order valence-electron chi connectivity index (χ3n) is 1.89. The van der Waals surface area contributed by atoms with Gasteiger partial charge in [0, 0.05) is 10.9 Å². The van der Waals surface area contributed by atoms with Crippen LogP contribution in [0.15, 0.2) is 22.7 Å². The summed E-state index contributed by atoms with van der Waals surface area (Å²) in [5, 5.41) is 17.2. The molecular formula is C10H7BrFNO2. The number of hydrogen-bond acceptors (Lipinski definition) is 2.